The first kappa shape index (κ1) is 10.5. The van der Waals surface area contributed by atoms with Crippen molar-refractivity contribution >= 4 is 23.4 Å². The predicted molar refractivity (Wildman–Crippen MR) is 50.6 cm³/mol. The Hall–Kier alpha value is -1.62. The fourth-order valence-corrected chi connectivity index (χ4v) is 0.788. The summed E-state index contributed by atoms with van der Waals surface area (Å²) in [5.74, 6) is -1.16. The van der Waals surface area contributed by atoms with Crippen LogP contribution in [-0.2, 0) is 4.79 Å². The summed E-state index contributed by atoms with van der Waals surface area (Å²) in [5.41, 5.74) is 4.51. The molecule has 0 aliphatic rings. The summed E-state index contributed by atoms with van der Waals surface area (Å²) >= 11 is 5.20. The largest absolute Gasteiger partial charge is 0.288 e. The van der Waals surface area contributed by atoms with Gasteiger partial charge in [-0.15, -0.1) is 11.6 Å². The van der Waals surface area contributed by atoms with Crippen LogP contribution in [0.3, 0.4) is 0 Å². The van der Waals surface area contributed by atoms with Gasteiger partial charge in [-0.05, 0) is 12.1 Å². The molecule has 1 rings (SSSR count). The minimum absolute atomic E-state index is 0.206. The van der Waals surface area contributed by atoms with Crippen LogP contribution in [0.5, 0.6) is 0 Å². The smallest absolute Gasteiger partial charge is 0.272 e. The zero-order valence-corrected chi connectivity index (χ0v) is 7.91. The molecule has 1 aromatic rings. The predicted octanol–water partition coefficient (Wildman–Crippen LogP) is 0.0814. The van der Waals surface area contributed by atoms with E-state index in [1.807, 2.05) is 0 Å². The van der Waals surface area contributed by atoms with Crippen LogP contribution in [-0.4, -0.2) is 22.7 Å². The van der Waals surface area contributed by atoms with Gasteiger partial charge < -0.3 is 0 Å². The molecule has 1 aromatic heterocycles. The normalized spacial score (nSPS) is 9.21. The fraction of sp³-hybridized carbons (Fsp3) is 0.125. The number of amides is 2. The van der Waals surface area contributed by atoms with E-state index in [4.69, 9.17) is 11.6 Å². The summed E-state index contributed by atoms with van der Waals surface area (Å²) in [6.45, 7) is 0. The number of alkyl halides is 1. The molecule has 0 saturated carbocycles. The molecule has 1 heterocycles. The van der Waals surface area contributed by atoms with Crippen molar-refractivity contribution in [1.82, 2.24) is 15.8 Å². The molecule has 0 aliphatic carbocycles. The second-order valence-corrected chi connectivity index (χ2v) is 2.62. The van der Waals surface area contributed by atoms with Crippen LogP contribution in [0.4, 0.5) is 0 Å². The van der Waals surface area contributed by atoms with Gasteiger partial charge in [0.1, 0.15) is 11.6 Å². The molecular formula is C8H8ClN3O2. The van der Waals surface area contributed by atoms with Gasteiger partial charge >= 0.3 is 0 Å². The zero-order valence-electron chi connectivity index (χ0n) is 7.16. The lowest BCUT2D eigenvalue weighted by Crippen LogP contribution is -2.42. The summed E-state index contributed by atoms with van der Waals surface area (Å²) in [4.78, 5) is 25.7. The second kappa shape index (κ2) is 5.18. The second-order valence-electron chi connectivity index (χ2n) is 2.35. The number of rotatable bonds is 2. The molecule has 2 N–H and O–H groups in total. The van der Waals surface area contributed by atoms with Crippen molar-refractivity contribution in [2.45, 2.75) is 0 Å². The number of pyridine rings is 1. The Morgan fingerprint density at radius 2 is 2.14 bits per heavy atom. The number of hydrogen-bond acceptors (Lipinski definition) is 3. The summed E-state index contributed by atoms with van der Waals surface area (Å²) in [5, 5.41) is 0. The number of halogens is 1. The van der Waals surface area contributed by atoms with Gasteiger partial charge in [0, 0.05) is 6.20 Å². The van der Waals surface area contributed by atoms with Crippen LogP contribution in [0.2, 0.25) is 0 Å². The molecule has 0 unspecified atom stereocenters. The molecule has 0 saturated heterocycles. The molecule has 0 bridgehead atoms. The van der Waals surface area contributed by atoms with E-state index in [0.29, 0.717) is 0 Å². The van der Waals surface area contributed by atoms with Crippen molar-refractivity contribution in [2.75, 3.05) is 5.88 Å². The number of nitrogens with zero attached hydrogens (tertiary/aromatic N) is 1. The monoisotopic (exact) mass is 213 g/mol. The van der Waals surface area contributed by atoms with E-state index in [2.05, 4.69) is 15.8 Å². The highest BCUT2D eigenvalue weighted by molar-refractivity contribution is 6.27. The van der Waals surface area contributed by atoms with Gasteiger partial charge in [0.25, 0.3) is 11.8 Å². The lowest BCUT2D eigenvalue weighted by Gasteiger charge is -2.04. The molecule has 0 spiro atoms. The number of nitrogens with one attached hydrogen (secondary N) is 2. The lowest BCUT2D eigenvalue weighted by molar-refractivity contribution is -0.119. The van der Waals surface area contributed by atoms with E-state index in [0.717, 1.165) is 0 Å². The average molecular weight is 214 g/mol. The van der Waals surface area contributed by atoms with Crippen molar-refractivity contribution in [3.05, 3.63) is 30.1 Å². The van der Waals surface area contributed by atoms with Gasteiger partial charge in [-0.3, -0.25) is 25.4 Å². The first-order valence-corrected chi connectivity index (χ1v) is 4.33. The lowest BCUT2D eigenvalue weighted by atomic mass is 10.3. The summed E-state index contributed by atoms with van der Waals surface area (Å²) < 4.78 is 0. The average Bonchev–Trinajstić information content (AvgIpc) is 2.26. The Bertz CT molecular complexity index is 329. The van der Waals surface area contributed by atoms with E-state index in [-0.39, 0.29) is 11.6 Å². The number of hydrazine groups is 1. The maximum Gasteiger partial charge on any atom is 0.288 e. The van der Waals surface area contributed by atoms with Crippen LogP contribution < -0.4 is 10.9 Å². The first-order chi connectivity index (χ1) is 6.74. The van der Waals surface area contributed by atoms with E-state index in [1.54, 1.807) is 12.1 Å². The van der Waals surface area contributed by atoms with Crippen LogP contribution in [0.25, 0.3) is 0 Å². The fourth-order valence-electron chi connectivity index (χ4n) is 0.721. The molecule has 0 radical (unpaired) electrons. The van der Waals surface area contributed by atoms with E-state index in [9.17, 15) is 9.59 Å². The van der Waals surface area contributed by atoms with Crippen LogP contribution in [0.1, 0.15) is 10.5 Å². The zero-order chi connectivity index (χ0) is 10.4. The Balaban J connectivity index is 2.48. The summed E-state index contributed by atoms with van der Waals surface area (Å²) in [6.07, 6.45) is 1.48. The Kier molecular flexibility index (Phi) is 3.87. The third kappa shape index (κ3) is 3.02. The standard InChI is InChI=1S/C8H8ClN3O2/c9-5-7(13)11-12-8(14)6-3-1-2-4-10-6/h1-4H,5H2,(H,11,13)(H,12,14). The van der Waals surface area contributed by atoms with E-state index in [1.165, 1.54) is 12.3 Å². The van der Waals surface area contributed by atoms with E-state index < -0.39 is 11.8 Å². The third-order valence-electron chi connectivity index (χ3n) is 1.33. The topological polar surface area (TPSA) is 71.1 Å². The quantitative estimate of drug-likeness (QED) is 0.540. The maximum absolute atomic E-state index is 11.2. The molecule has 0 aromatic carbocycles. The molecule has 5 nitrogen and oxygen atoms in total. The number of carbonyl (C=O) groups is 2. The highest BCUT2D eigenvalue weighted by Gasteiger charge is 2.06. The van der Waals surface area contributed by atoms with Gasteiger partial charge in [-0.25, -0.2) is 0 Å². The summed E-state index contributed by atoms with van der Waals surface area (Å²) in [6, 6.07) is 4.89. The Morgan fingerprint density at radius 3 is 2.71 bits per heavy atom. The highest BCUT2D eigenvalue weighted by Crippen LogP contribution is 1.91. The van der Waals surface area contributed by atoms with Gasteiger partial charge in [0.15, 0.2) is 0 Å². The molecular weight excluding hydrogens is 206 g/mol. The molecule has 6 heteroatoms. The van der Waals surface area contributed by atoms with Gasteiger partial charge in [-0.1, -0.05) is 6.07 Å². The number of aromatic nitrogens is 1. The molecule has 0 atom stereocenters. The van der Waals surface area contributed by atoms with Gasteiger partial charge in [-0.2, -0.15) is 0 Å². The minimum atomic E-state index is -0.482. The van der Waals surface area contributed by atoms with E-state index >= 15 is 0 Å². The summed E-state index contributed by atoms with van der Waals surface area (Å²) in [7, 11) is 0. The first-order valence-electron chi connectivity index (χ1n) is 3.80. The molecule has 74 valence electrons. The van der Waals surface area contributed by atoms with Crippen molar-refractivity contribution in [1.29, 1.82) is 0 Å². The van der Waals surface area contributed by atoms with Crippen LogP contribution in [0, 0.1) is 0 Å². The van der Waals surface area contributed by atoms with Crippen molar-refractivity contribution in [3.8, 4) is 0 Å². The molecule has 2 amide bonds. The minimum Gasteiger partial charge on any atom is -0.272 e. The molecule has 14 heavy (non-hydrogen) atoms. The van der Waals surface area contributed by atoms with Crippen molar-refractivity contribution in [2.24, 2.45) is 0 Å². The molecule has 0 aliphatic heterocycles. The van der Waals surface area contributed by atoms with Crippen molar-refractivity contribution < 1.29 is 9.59 Å². The SMILES string of the molecule is O=C(CCl)NNC(=O)c1ccccn1. The third-order valence-corrected chi connectivity index (χ3v) is 1.58. The van der Waals surface area contributed by atoms with Gasteiger partial charge in [0.05, 0.1) is 0 Å². The van der Waals surface area contributed by atoms with Crippen molar-refractivity contribution in [3.63, 3.8) is 0 Å². The number of carbonyl (C=O) groups excluding carboxylic acids is 2. The Labute approximate surface area is 85.4 Å². The maximum atomic E-state index is 11.2. The highest BCUT2D eigenvalue weighted by atomic mass is 35.5. The van der Waals surface area contributed by atoms with Crippen LogP contribution in [0.15, 0.2) is 24.4 Å². The number of hydrogen-bond donors (Lipinski definition) is 2. The Morgan fingerprint density at radius 1 is 1.36 bits per heavy atom. The molecule has 0 fully saturated rings. The van der Waals surface area contributed by atoms with Gasteiger partial charge in [0.2, 0.25) is 0 Å². The van der Waals surface area contributed by atoms with Crippen LogP contribution >= 0.6 is 11.6 Å².